The van der Waals surface area contributed by atoms with E-state index in [2.05, 4.69) is 69.8 Å². The first-order valence-corrected chi connectivity index (χ1v) is 21.3. The van der Waals surface area contributed by atoms with E-state index in [1.165, 1.54) is 10.8 Å². The second kappa shape index (κ2) is 13.5. The first-order valence-electron chi connectivity index (χ1n) is 21.3. The Morgan fingerprint density at radius 1 is 0.328 bits per heavy atom. The lowest BCUT2D eigenvalue weighted by molar-refractivity contribution is -0.146. The van der Waals surface area contributed by atoms with E-state index in [4.69, 9.17) is 9.97 Å². The maximum absolute atomic E-state index is 14.2. The smallest absolute Gasteiger partial charge is 0.239 e. The maximum atomic E-state index is 14.2. The van der Waals surface area contributed by atoms with Crippen molar-refractivity contribution in [1.82, 2.24) is 19.1 Å². The van der Waals surface area contributed by atoms with Crippen molar-refractivity contribution < 1.29 is 19.2 Å². The number of carbonyl (C=O) groups is 4. The molecule has 10 nitrogen and oxygen atoms in total. The van der Waals surface area contributed by atoms with E-state index in [-0.39, 0.29) is 11.6 Å². The molecule has 64 heavy (non-hydrogen) atoms. The standard InChI is InChI=1S/C54H34N6O4/c61-51-47-48(52(62)59(51)45-22-10-17-39(55-45)31-24-27-34(28-25-31)57-41-19-7-4-14-35(41)36-15-5-8-20-42(36)57)50-49(47)53(63)60(54(50)64)46-23-11-18-40(56-46)32-26-29-38-37-16-6-9-21-43(37)58(44(38)30-32)33-12-2-1-3-13-33/h1-30,47-50H. The number of rotatable bonds is 6. The number of para-hydroxylation sites is 4. The zero-order chi connectivity index (χ0) is 42.8. The highest BCUT2D eigenvalue weighted by atomic mass is 16.2. The molecule has 3 fully saturated rings. The number of amides is 4. The van der Waals surface area contributed by atoms with Crippen molar-refractivity contribution in [3.05, 3.63) is 182 Å². The van der Waals surface area contributed by atoms with Gasteiger partial charge < -0.3 is 9.13 Å². The SMILES string of the molecule is O=C1C2C(C(=O)N1c1cccc(-c3ccc(-n4c5ccccc5c5ccccc54)cc3)n1)C1C(=O)N(c3cccc(-c4ccc5c6ccccc6n(-c6ccccc6)c5c4)n3)C(=O)C21. The van der Waals surface area contributed by atoms with Crippen LogP contribution in [0.15, 0.2) is 182 Å². The normalized spacial score (nSPS) is 19.3. The number of benzene rings is 6. The van der Waals surface area contributed by atoms with E-state index in [9.17, 15) is 19.2 Å². The first-order chi connectivity index (χ1) is 31.4. The topological polar surface area (TPSA) is 110 Å². The van der Waals surface area contributed by atoms with Crippen LogP contribution in [0.5, 0.6) is 0 Å². The lowest BCUT2D eigenvalue weighted by atomic mass is 9.59. The Balaban J connectivity index is 0.778. The van der Waals surface area contributed by atoms with Crippen LogP contribution in [-0.2, 0) is 19.2 Å². The third-order valence-corrected chi connectivity index (χ3v) is 13.5. The third kappa shape index (κ3) is 5.01. The van der Waals surface area contributed by atoms with Gasteiger partial charge in [-0.3, -0.25) is 19.2 Å². The molecule has 0 radical (unpaired) electrons. The molecule has 6 aromatic carbocycles. The zero-order valence-electron chi connectivity index (χ0n) is 33.9. The van der Waals surface area contributed by atoms with Crippen LogP contribution in [0.4, 0.5) is 11.6 Å². The third-order valence-electron chi connectivity index (χ3n) is 13.5. The van der Waals surface area contributed by atoms with Crippen LogP contribution < -0.4 is 9.80 Å². The van der Waals surface area contributed by atoms with Gasteiger partial charge in [0, 0.05) is 44.0 Å². The van der Waals surface area contributed by atoms with Crippen molar-refractivity contribution in [2.24, 2.45) is 23.7 Å². The molecule has 13 rings (SSSR count). The lowest BCUT2D eigenvalue weighted by Crippen LogP contribution is -2.50. The minimum Gasteiger partial charge on any atom is -0.309 e. The van der Waals surface area contributed by atoms with Crippen LogP contribution in [0, 0.1) is 23.7 Å². The summed E-state index contributed by atoms with van der Waals surface area (Å²) in [5.74, 6) is -5.58. The molecule has 0 N–H and O–H groups in total. The van der Waals surface area contributed by atoms with Gasteiger partial charge in [-0.05, 0) is 72.8 Å². The molecular weight excluding hydrogens is 797 g/mol. The predicted octanol–water partition coefficient (Wildman–Crippen LogP) is 9.93. The molecular formula is C54H34N6O4. The molecule has 4 atom stereocenters. The van der Waals surface area contributed by atoms with Crippen LogP contribution >= 0.6 is 0 Å². The minimum absolute atomic E-state index is 0.166. The summed E-state index contributed by atoms with van der Waals surface area (Å²) in [5.41, 5.74) is 9.05. The quantitative estimate of drug-likeness (QED) is 0.154. The molecule has 304 valence electrons. The van der Waals surface area contributed by atoms with Gasteiger partial charge in [0.25, 0.3) is 0 Å². The van der Waals surface area contributed by atoms with Crippen molar-refractivity contribution in [2.45, 2.75) is 0 Å². The molecule has 0 bridgehead atoms. The number of hydrogen-bond donors (Lipinski definition) is 0. The second-order valence-corrected chi connectivity index (χ2v) is 16.7. The maximum Gasteiger partial charge on any atom is 0.239 e. The number of anilines is 2. The Morgan fingerprint density at radius 3 is 1.22 bits per heavy atom. The molecule has 10 aromatic rings. The molecule has 4 amide bonds. The Hall–Kier alpha value is -8.50. The summed E-state index contributed by atoms with van der Waals surface area (Å²) in [5, 5.41) is 4.55. The first kappa shape index (κ1) is 36.2. The van der Waals surface area contributed by atoms with Gasteiger partial charge in [0.1, 0.15) is 11.6 Å². The van der Waals surface area contributed by atoms with Gasteiger partial charge in [0.05, 0.1) is 57.1 Å². The molecule has 2 saturated heterocycles. The van der Waals surface area contributed by atoms with Gasteiger partial charge in [-0.1, -0.05) is 109 Å². The van der Waals surface area contributed by atoms with Crippen molar-refractivity contribution in [2.75, 3.05) is 9.80 Å². The van der Waals surface area contributed by atoms with Crippen molar-refractivity contribution in [1.29, 1.82) is 0 Å². The Labute approximate surface area is 365 Å². The van der Waals surface area contributed by atoms with Crippen LogP contribution in [0.3, 0.4) is 0 Å². The largest absolute Gasteiger partial charge is 0.309 e. The van der Waals surface area contributed by atoms with Crippen molar-refractivity contribution in [3.8, 4) is 33.9 Å². The van der Waals surface area contributed by atoms with Crippen LogP contribution in [0.25, 0.3) is 77.5 Å². The average molecular weight is 831 g/mol. The van der Waals surface area contributed by atoms with E-state index in [0.29, 0.717) is 11.4 Å². The lowest BCUT2D eigenvalue weighted by Gasteiger charge is -2.36. The number of imide groups is 2. The van der Waals surface area contributed by atoms with Crippen LogP contribution in [-0.4, -0.2) is 42.7 Å². The predicted molar refractivity (Wildman–Crippen MR) is 247 cm³/mol. The summed E-state index contributed by atoms with van der Waals surface area (Å²) in [7, 11) is 0. The van der Waals surface area contributed by atoms with Gasteiger partial charge in [-0.15, -0.1) is 0 Å². The Kier molecular flexibility index (Phi) is 7.63. The zero-order valence-corrected chi connectivity index (χ0v) is 33.9. The van der Waals surface area contributed by atoms with Crippen molar-refractivity contribution in [3.63, 3.8) is 0 Å². The average Bonchev–Trinajstić information content (AvgIpc) is 3.97. The number of hydrogen-bond acceptors (Lipinski definition) is 6. The Bertz CT molecular complexity index is 3560. The molecule has 2 aliphatic heterocycles. The van der Waals surface area contributed by atoms with Gasteiger partial charge >= 0.3 is 0 Å². The van der Waals surface area contributed by atoms with E-state index in [1.807, 2.05) is 97.1 Å². The summed E-state index contributed by atoms with van der Waals surface area (Å²) in [6.45, 7) is 0. The molecule has 3 aliphatic rings. The summed E-state index contributed by atoms with van der Waals surface area (Å²) >= 11 is 0. The number of nitrogens with zero attached hydrogens (tertiary/aromatic N) is 6. The molecule has 6 heterocycles. The monoisotopic (exact) mass is 830 g/mol. The van der Waals surface area contributed by atoms with Crippen molar-refractivity contribution >= 4 is 78.9 Å². The highest BCUT2D eigenvalue weighted by molar-refractivity contribution is 6.32. The van der Waals surface area contributed by atoms with E-state index in [0.717, 1.165) is 65.1 Å². The second-order valence-electron chi connectivity index (χ2n) is 16.7. The number of carbonyl (C=O) groups excluding carboxylic acids is 4. The highest BCUT2D eigenvalue weighted by Gasteiger charge is 2.74. The van der Waals surface area contributed by atoms with Crippen LogP contribution in [0.2, 0.25) is 0 Å². The number of aromatic nitrogens is 4. The highest BCUT2D eigenvalue weighted by Crippen LogP contribution is 2.57. The fourth-order valence-corrected chi connectivity index (χ4v) is 10.6. The summed E-state index contributed by atoms with van der Waals surface area (Å²) in [6, 6.07) is 59.7. The van der Waals surface area contributed by atoms with Gasteiger partial charge in [0.2, 0.25) is 23.6 Å². The number of fused-ring (bicyclic) bond motifs is 10. The molecule has 0 spiro atoms. The van der Waals surface area contributed by atoms with Gasteiger partial charge in [-0.25, -0.2) is 19.8 Å². The number of pyridine rings is 2. The fourth-order valence-electron chi connectivity index (χ4n) is 10.6. The Morgan fingerprint density at radius 2 is 0.719 bits per heavy atom. The van der Waals surface area contributed by atoms with E-state index >= 15 is 0 Å². The van der Waals surface area contributed by atoms with Gasteiger partial charge in [-0.2, -0.15) is 0 Å². The minimum atomic E-state index is -0.959. The molecule has 10 heteroatoms. The molecule has 1 aliphatic carbocycles. The molecule has 4 unspecified atom stereocenters. The molecule has 4 aromatic heterocycles. The van der Waals surface area contributed by atoms with Gasteiger partial charge in [0.15, 0.2) is 0 Å². The van der Waals surface area contributed by atoms with E-state index < -0.39 is 47.3 Å². The molecule has 1 saturated carbocycles. The summed E-state index contributed by atoms with van der Waals surface area (Å²) < 4.78 is 4.45. The summed E-state index contributed by atoms with van der Waals surface area (Å²) in [6.07, 6.45) is 0. The fraction of sp³-hybridized carbons (Fsp3) is 0.0741. The van der Waals surface area contributed by atoms with E-state index in [1.54, 1.807) is 24.3 Å². The summed E-state index contributed by atoms with van der Waals surface area (Å²) in [4.78, 5) is 68.5. The van der Waals surface area contributed by atoms with Crippen LogP contribution in [0.1, 0.15) is 0 Å².